The summed E-state index contributed by atoms with van der Waals surface area (Å²) in [6.45, 7) is 0.757. The normalized spacial score (nSPS) is 11.5. The van der Waals surface area contributed by atoms with Crippen LogP contribution in [0.5, 0.6) is 0 Å². The molecule has 0 bridgehead atoms. The van der Waals surface area contributed by atoms with Crippen LogP contribution in [0.4, 0.5) is 0 Å². The Kier molecular flexibility index (Phi) is 11.3. The van der Waals surface area contributed by atoms with Crippen LogP contribution >= 0.6 is 12.4 Å². The van der Waals surface area contributed by atoms with Crippen molar-refractivity contribution in [3.8, 4) is 0 Å². The topological polar surface area (TPSA) is 148 Å². The van der Waals surface area contributed by atoms with Crippen molar-refractivity contribution in [2.45, 2.75) is 38.3 Å². The van der Waals surface area contributed by atoms with Gasteiger partial charge in [-0.2, -0.15) is 0 Å². The third-order valence-corrected chi connectivity index (χ3v) is 3.94. The van der Waals surface area contributed by atoms with Gasteiger partial charge >= 0.3 is 7.32 Å². The van der Waals surface area contributed by atoms with Crippen LogP contribution in [0.3, 0.4) is 0 Å². The average molecular weight is 413 g/mol. The van der Waals surface area contributed by atoms with Crippen LogP contribution in [-0.4, -0.2) is 56.6 Å². The van der Waals surface area contributed by atoms with Gasteiger partial charge in [-0.15, -0.1) is 17.5 Å². The summed E-state index contributed by atoms with van der Waals surface area (Å²) in [4.78, 5) is 12.1. The van der Waals surface area contributed by atoms with Crippen molar-refractivity contribution in [1.29, 1.82) is 0 Å². The molecule has 0 aliphatic carbocycles. The van der Waals surface area contributed by atoms with Gasteiger partial charge in [0.2, 0.25) is 5.91 Å². The van der Waals surface area contributed by atoms with E-state index >= 15 is 0 Å². The van der Waals surface area contributed by atoms with E-state index in [-0.39, 0.29) is 31.5 Å². The Hall–Kier alpha value is -2.05. The van der Waals surface area contributed by atoms with Crippen LogP contribution in [0.1, 0.15) is 36.7 Å². The van der Waals surface area contributed by atoms with Crippen LogP contribution in [0.25, 0.3) is 0 Å². The highest BCUT2D eigenvalue weighted by molar-refractivity contribution is 6.32. The number of tetrazole rings is 1. The Morgan fingerprint density at radius 3 is 2.75 bits per heavy atom. The maximum atomic E-state index is 12.1. The molecule has 1 heterocycles. The molecular weight excluding hydrogens is 386 g/mol. The molecule has 10 nitrogen and oxygen atoms in total. The molecule has 2 rings (SSSR count). The number of rotatable bonds is 12. The Morgan fingerprint density at radius 2 is 2.04 bits per heavy atom. The predicted octanol–water partition coefficient (Wildman–Crippen LogP) is -0.390. The third kappa shape index (κ3) is 8.76. The monoisotopic (exact) mass is 412 g/mol. The van der Waals surface area contributed by atoms with E-state index in [1.54, 1.807) is 0 Å². The van der Waals surface area contributed by atoms with Crippen molar-refractivity contribution in [2.75, 3.05) is 13.2 Å². The summed E-state index contributed by atoms with van der Waals surface area (Å²) >= 11 is 0. The zero-order valence-electron chi connectivity index (χ0n) is 15.5. The number of halogens is 1. The Balaban J connectivity index is 0.00000392. The van der Waals surface area contributed by atoms with E-state index < -0.39 is 13.4 Å². The van der Waals surface area contributed by atoms with E-state index in [0.29, 0.717) is 31.6 Å². The number of carbonyl (C=O) groups is 1. The van der Waals surface area contributed by atoms with Gasteiger partial charge in [-0.05, 0) is 41.7 Å². The van der Waals surface area contributed by atoms with Gasteiger partial charge in [-0.25, -0.2) is 4.68 Å². The van der Waals surface area contributed by atoms with Crippen LogP contribution < -0.4 is 11.1 Å². The quantitative estimate of drug-likeness (QED) is 0.272. The van der Waals surface area contributed by atoms with Crippen molar-refractivity contribution in [2.24, 2.45) is 5.73 Å². The largest absolute Gasteiger partial charge is 0.633 e. The maximum absolute atomic E-state index is 12.1. The highest BCUT2D eigenvalue weighted by Gasteiger charge is 2.17. The molecule has 154 valence electrons. The molecule has 1 amide bonds. The van der Waals surface area contributed by atoms with E-state index in [1.807, 2.05) is 30.3 Å². The van der Waals surface area contributed by atoms with Crippen molar-refractivity contribution < 1.29 is 19.5 Å². The number of nitrogens with zero attached hydrogens (tertiary/aromatic N) is 4. The number of aromatic nitrogens is 4. The summed E-state index contributed by atoms with van der Waals surface area (Å²) in [6.07, 6.45) is 2.65. The molecule has 0 unspecified atom stereocenters. The summed E-state index contributed by atoms with van der Waals surface area (Å²) in [5.41, 5.74) is 7.25. The van der Waals surface area contributed by atoms with Crippen LogP contribution in [0.2, 0.25) is 0 Å². The number of amides is 1. The lowest BCUT2D eigenvalue weighted by atomic mass is 10.1. The standard InChI is InChI=1S/C16H25BN6O4.ClH/c18-14(8-4-5-11-27-17(25)26)16-20-21-22-23(16)12-15(24)19-10-9-13-6-2-1-3-7-13;/h1-3,6-7,14,25-26H,4-5,8-12,18H2,(H,19,24);1H/t14-;/m1./s1. The summed E-state index contributed by atoms with van der Waals surface area (Å²) in [5, 5.41) is 31.4. The van der Waals surface area contributed by atoms with E-state index in [4.69, 9.17) is 15.8 Å². The summed E-state index contributed by atoms with van der Waals surface area (Å²) in [6, 6.07) is 9.48. The Morgan fingerprint density at radius 1 is 1.29 bits per heavy atom. The highest BCUT2D eigenvalue weighted by Crippen LogP contribution is 2.13. The molecule has 5 N–H and O–H groups in total. The van der Waals surface area contributed by atoms with Gasteiger partial charge in [0.05, 0.1) is 6.04 Å². The average Bonchev–Trinajstić information content (AvgIpc) is 3.10. The molecule has 1 aromatic carbocycles. The third-order valence-electron chi connectivity index (χ3n) is 3.94. The van der Waals surface area contributed by atoms with Gasteiger partial charge in [-0.1, -0.05) is 30.3 Å². The number of carbonyl (C=O) groups excluding carboxylic acids is 1. The molecule has 0 saturated carbocycles. The van der Waals surface area contributed by atoms with Crippen LogP contribution in [0, 0.1) is 0 Å². The SMILES string of the molecule is Cl.N[C@H](CCCCOB(O)O)c1nnnn1CC(=O)NCCc1ccccc1. The molecule has 0 saturated heterocycles. The second-order valence-electron chi connectivity index (χ2n) is 6.08. The summed E-state index contributed by atoms with van der Waals surface area (Å²) in [5.74, 6) is 0.258. The maximum Gasteiger partial charge on any atom is 0.633 e. The molecular formula is C16H26BClN6O4. The second kappa shape index (κ2) is 13.2. The minimum absolute atomic E-state index is 0. The van der Waals surface area contributed by atoms with Gasteiger partial charge in [0.1, 0.15) is 6.54 Å². The smallest absolute Gasteiger partial charge is 0.402 e. The van der Waals surface area contributed by atoms with Crippen LogP contribution in [-0.2, 0) is 22.4 Å². The predicted molar refractivity (Wildman–Crippen MR) is 105 cm³/mol. The molecule has 0 fully saturated rings. The number of unbranched alkanes of at least 4 members (excludes halogenated alkanes) is 1. The highest BCUT2D eigenvalue weighted by atomic mass is 35.5. The molecule has 0 spiro atoms. The van der Waals surface area contributed by atoms with E-state index in [0.717, 1.165) is 12.0 Å². The van der Waals surface area contributed by atoms with Crippen molar-refractivity contribution in [3.05, 3.63) is 41.7 Å². The number of hydrogen-bond acceptors (Lipinski definition) is 8. The lowest BCUT2D eigenvalue weighted by Gasteiger charge is -2.12. The van der Waals surface area contributed by atoms with Gasteiger partial charge < -0.3 is 25.8 Å². The number of benzene rings is 1. The minimum Gasteiger partial charge on any atom is -0.402 e. The lowest BCUT2D eigenvalue weighted by molar-refractivity contribution is -0.121. The number of nitrogens with one attached hydrogen (secondary N) is 1. The molecule has 0 radical (unpaired) electrons. The molecule has 1 atom stereocenters. The molecule has 0 aliphatic heterocycles. The van der Waals surface area contributed by atoms with E-state index in [1.165, 1.54) is 4.68 Å². The molecule has 12 heteroatoms. The number of nitrogens with two attached hydrogens (primary N) is 1. The first-order chi connectivity index (χ1) is 13.1. The second-order valence-corrected chi connectivity index (χ2v) is 6.08. The molecule has 1 aromatic heterocycles. The molecule has 0 aliphatic rings. The Bertz CT molecular complexity index is 691. The minimum atomic E-state index is -1.76. The zero-order valence-corrected chi connectivity index (χ0v) is 16.3. The van der Waals surface area contributed by atoms with Crippen molar-refractivity contribution in [1.82, 2.24) is 25.5 Å². The fraction of sp³-hybridized carbons (Fsp3) is 0.500. The zero-order chi connectivity index (χ0) is 19.5. The summed E-state index contributed by atoms with van der Waals surface area (Å²) < 4.78 is 6.03. The molecule has 28 heavy (non-hydrogen) atoms. The van der Waals surface area contributed by atoms with Gasteiger partial charge in [-0.3, -0.25) is 4.79 Å². The first-order valence-electron chi connectivity index (χ1n) is 8.86. The molecule has 2 aromatic rings. The first-order valence-corrected chi connectivity index (χ1v) is 8.86. The summed E-state index contributed by atoms with van der Waals surface area (Å²) in [7, 11) is -1.76. The first kappa shape index (κ1) is 24.0. The number of hydrogen-bond donors (Lipinski definition) is 4. The van der Waals surface area contributed by atoms with Crippen LogP contribution in [0.15, 0.2) is 30.3 Å². The van der Waals surface area contributed by atoms with E-state index in [2.05, 4.69) is 25.5 Å². The van der Waals surface area contributed by atoms with Crippen molar-refractivity contribution >= 4 is 25.6 Å². The Labute approximate surface area is 170 Å². The fourth-order valence-corrected chi connectivity index (χ4v) is 2.56. The van der Waals surface area contributed by atoms with Crippen molar-refractivity contribution in [3.63, 3.8) is 0 Å². The fourth-order valence-electron chi connectivity index (χ4n) is 2.56. The van der Waals surface area contributed by atoms with E-state index in [9.17, 15) is 4.79 Å². The van der Waals surface area contributed by atoms with Gasteiger partial charge in [0, 0.05) is 13.2 Å². The van der Waals surface area contributed by atoms with Gasteiger partial charge in [0.15, 0.2) is 5.82 Å². The van der Waals surface area contributed by atoms with Gasteiger partial charge in [0.25, 0.3) is 0 Å². The lowest BCUT2D eigenvalue weighted by Crippen LogP contribution is -2.31.